The van der Waals surface area contributed by atoms with Crippen LogP contribution in [0.1, 0.15) is 41.7 Å². The molecule has 0 aliphatic heterocycles. The molecule has 5 rings (SSSR count). The first-order chi connectivity index (χ1) is 14.6. The van der Waals surface area contributed by atoms with Crippen molar-refractivity contribution >= 4 is 23.8 Å². The molecule has 0 radical (unpaired) electrons. The average molecular weight is 407 g/mol. The Morgan fingerprint density at radius 1 is 0.600 bits per heavy atom. The van der Waals surface area contributed by atoms with Gasteiger partial charge in [0.15, 0.2) is 0 Å². The van der Waals surface area contributed by atoms with Gasteiger partial charge in [-0.1, -0.05) is 111 Å². The predicted octanol–water partition coefficient (Wildman–Crippen LogP) is 5.98. The molecule has 0 nitrogen and oxygen atoms in total. The molecule has 0 spiro atoms. The number of aryl methyl sites for hydroxylation is 1. The number of rotatable bonds is 3. The Hall–Kier alpha value is -2.69. The summed E-state index contributed by atoms with van der Waals surface area (Å²) in [5.74, 6) is 0. The van der Waals surface area contributed by atoms with E-state index in [1.54, 1.807) is 0 Å². The molecule has 4 aromatic carbocycles. The van der Waals surface area contributed by atoms with Crippen molar-refractivity contribution in [2.75, 3.05) is 0 Å². The van der Waals surface area contributed by atoms with Crippen LogP contribution in [0.15, 0.2) is 97.1 Å². The lowest BCUT2D eigenvalue weighted by atomic mass is 9.68. The molecule has 0 fully saturated rings. The Morgan fingerprint density at radius 2 is 1.13 bits per heavy atom. The lowest BCUT2D eigenvalue weighted by Gasteiger charge is -2.38. The molecule has 0 amide bonds. The Morgan fingerprint density at radius 3 is 1.73 bits per heavy atom. The van der Waals surface area contributed by atoms with Crippen LogP contribution in [0.25, 0.3) is 0 Å². The largest absolute Gasteiger partial charge is 0.0622 e. The summed E-state index contributed by atoms with van der Waals surface area (Å²) in [7, 11) is -0.601. The SMILES string of the molecule is Cc1cccc2c1Cc1c(P(c3ccccc3)c3ccccc3)cccc1C2(C)C. The highest BCUT2D eigenvalue weighted by Gasteiger charge is 2.35. The maximum absolute atomic E-state index is 2.39. The fraction of sp³-hybridized carbons (Fsp3) is 0.172. The van der Waals surface area contributed by atoms with Crippen LogP contribution in [0.4, 0.5) is 0 Å². The molecule has 148 valence electrons. The number of fused-ring (bicyclic) bond motifs is 2. The molecule has 1 heteroatoms. The van der Waals surface area contributed by atoms with Gasteiger partial charge in [0.25, 0.3) is 0 Å². The van der Waals surface area contributed by atoms with Gasteiger partial charge in [-0.25, -0.2) is 0 Å². The first-order valence-electron chi connectivity index (χ1n) is 10.7. The molecule has 0 atom stereocenters. The topological polar surface area (TPSA) is 0 Å². The Labute approximate surface area is 181 Å². The van der Waals surface area contributed by atoms with Crippen LogP contribution < -0.4 is 15.9 Å². The normalized spacial score (nSPS) is 14.3. The molecule has 4 aromatic rings. The van der Waals surface area contributed by atoms with E-state index >= 15 is 0 Å². The lowest BCUT2D eigenvalue weighted by Crippen LogP contribution is -2.33. The van der Waals surface area contributed by atoms with Crippen molar-refractivity contribution in [2.24, 2.45) is 0 Å². The van der Waals surface area contributed by atoms with E-state index in [-0.39, 0.29) is 5.41 Å². The average Bonchev–Trinajstić information content (AvgIpc) is 2.77. The van der Waals surface area contributed by atoms with Crippen molar-refractivity contribution in [1.82, 2.24) is 0 Å². The van der Waals surface area contributed by atoms with Crippen LogP contribution >= 0.6 is 7.92 Å². The highest BCUT2D eigenvalue weighted by atomic mass is 31.1. The summed E-state index contributed by atoms with van der Waals surface area (Å²) < 4.78 is 0. The monoisotopic (exact) mass is 406 g/mol. The van der Waals surface area contributed by atoms with E-state index in [1.165, 1.54) is 43.7 Å². The summed E-state index contributed by atoms with van der Waals surface area (Å²) >= 11 is 0. The van der Waals surface area contributed by atoms with Gasteiger partial charge in [-0.05, 0) is 65.0 Å². The molecular weight excluding hydrogens is 379 g/mol. The number of hydrogen-bond donors (Lipinski definition) is 0. The van der Waals surface area contributed by atoms with Crippen molar-refractivity contribution in [3.8, 4) is 0 Å². The Bertz CT molecular complexity index is 1150. The third kappa shape index (κ3) is 3.11. The minimum absolute atomic E-state index is 0.0132. The number of benzene rings is 4. The van der Waals surface area contributed by atoms with Gasteiger partial charge in [0.1, 0.15) is 0 Å². The minimum atomic E-state index is -0.601. The molecule has 0 heterocycles. The van der Waals surface area contributed by atoms with Crippen molar-refractivity contribution in [2.45, 2.75) is 32.6 Å². The van der Waals surface area contributed by atoms with Gasteiger partial charge < -0.3 is 0 Å². The van der Waals surface area contributed by atoms with Crippen LogP contribution in [-0.2, 0) is 11.8 Å². The van der Waals surface area contributed by atoms with Crippen LogP contribution in [0.2, 0.25) is 0 Å². The van der Waals surface area contributed by atoms with Crippen molar-refractivity contribution in [1.29, 1.82) is 0 Å². The maximum Gasteiger partial charge on any atom is 0.0152 e. The van der Waals surface area contributed by atoms with E-state index in [0.29, 0.717) is 0 Å². The highest BCUT2D eigenvalue weighted by molar-refractivity contribution is 7.79. The molecule has 30 heavy (non-hydrogen) atoms. The van der Waals surface area contributed by atoms with E-state index in [1.807, 2.05) is 0 Å². The second kappa shape index (κ2) is 7.53. The van der Waals surface area contributed by atoms with Crippen molar-refractivity contribution in [3.05, 3.63) is 125 Å². The molecular formula is C29H27P. The highest BCUT2D eigenvalue weighted by Crippen LogP contribution is 2.45. The second-order valence-corrected chi connectivity index (χ2v) is 10.9. The van der Waals surface area contributed by atoms with Gasteiger partial charge in [-0.3, -0.25) is 0 Å². The van der Waals surface area contributed by atoms with E-state index in [0.717, 1.165) is 6.42 Å². The lowest BCUT2D eigenvalue weighted by molar-refractivity contribution is 0.610. The molecule has 0 unspecified atom stereocenters. The van der Waals surface area contributed by atoms with Crippen LogP contribution in [0.3, 0.4) is 0 Å². The predicted molar refractivity (Wildman–Crippen MR) is 131 cm³/mol. The van der Waals surface area contributed by atoms with E-state index in [2.05, 4.69) is 118 Å². The number of hydrogen-bond acceptors (Lipinski definition) is 0. The quantitative estimate of drug-likeness (QED) is 0.367. The second-order valence-electron chi connectivity index (χ2n) is 8.71. The zero-order valence-corrected chi connectivity index (χ0v) is 18.8. The van der Waals surface area contributed by atoms with Gasteiger partial charge in [0, 0.05) is 5.41 Å². The van der Waals surface area contributed by atoms with Crippen LogP contribution in [-0.4, -0.2) is 0 Å². The van der Waals surface area contributed by atoms with Gasteiger partial charge in [-0.2, -0.15) is 0 Å². The third-order valence-electron chi connectivity index (χ3n) is 6.53. The maximum atomic E-state index is 2.39. The summed E-state index contributed by atoms with van der Waals surface area (Å²) in [6.07, 6.45) is 1.02. The van der Waals surface area contributed by atoms with Crippen LogP contribution in [0.5, 0.6) is 0 Å². The van der Waals surface area contributed by atoms with E-state index in [9.17, 15) is 0 Å². The molecule has 0 bridgehead atoms. The molecule has 0 saturated heterocycles. The van der Waals surface area contributed by atoms with Gasteiger partial charge >= 0.3 is 0 Å². The van der Waals surface area contributed by atoms with Crippen molar-refractivity contribution in [3.63, 3.8) is 0 Å². The molecule has 1 aliphatic rings. The standard InChI is InChI=1S/C29H27P/c1-21-12-10-17-26-24(21)20-25-27(29(26,2)3)18-11-19-28(25)30(22-13-6-4-7-14-22)23-15-8-5-9-16-23/h4-19H,20H2,1-3H3. The summed E-state index contributed by atoms with van der Waals surface area (Å²) in [6, 6.07) is 35.9. The van der Waals surface area contributed by atoms with E-state index in [4.69, 9.17) is 0 Å². The molecule has 1 aliphatic carbocycles. The third-order valence-corrected chi connectivity index (χ3v) is 9.06. The molecule has 0 saturated carbocycles. The summed E-state index contributed by atoms with van der Waals surface area (Å²) in [5.41, 5.74) is 7.43. The fourth-order valence-electron chi connectivity index (χ4n) is 4.98. The summed E-state index contributed by atoms with van der Waals surface area (Å²) in [6.45, 7) is 7.04. The van der Waals surface area contributed by atoms with Gasteiger partial charge in [0.2, 0.25) is 0 Å². The Balaban J connectivity index is 1.76. The molecule has 0 N–H and O–H groups in total. The van der Waals surface area contributed by atoms with Crippen LogP contribution in [0, 0.1) is 6.92 Å². The first kappa shape index (κ1) is 19.3. The van der Waals surface area contributed by atoms with Gasteiger partial charge in [-0.15, -0.1) is 0 Å². The molecule has 0 aromatic heterocycles. The van der Waals surface area contributed by atoms with E-state index < -0.39 is 7.92 Å². The zero-order chi connectivity index (χ0) is 20.7. The summed E-state index contributed by atoms with van der Waals surface area (Å²) in [5, 5.41) is 4.34. The van der Waals surface area contributed by atoms with Crippen molar-refractivity contribution < 1.29 is 0 Å². The summed E-state index contributed by atoms with van der Waals surface area (Å²) in [4.78, 5) is 0. The zero-order valence-electron chi connectivity index (χ0n) is 17.9. The fourth-order valence-corrected chi connectivity index (χ4v) is 7.48. The smallest absolute Gasteiger partial charge is 0.0152 e. The Kier molecular flexibility index (Phi) is 4.84. The first-order valence-corrected chi connectivity index (χ1v) is 12.0. The van der Waals surface area contributed by atoms with Gasteiger partial charge in [0.05, 0.1) is 0 Å². The minimum Gasteiger partial charge on any atom is -0.0622 e.